The SMILES string of the molecule is CCCCCCCCOc1ccc(-c2ccc(-c3ccc(OCCCCCCCC)c(F)c3F)cc2)cc1. The topological polar surface area (TPSA) is 18.5 Å². The summed E-state index contributed by atoms with van der Waals surface area (Å²) in [6, 6.07) is 18.7. The average Bonchev–Trinajstić information content (AvgIpc) is 2.95. The fraction of sp³-hybridized carbons (Fsp3) is 0.471. The molecule has 3 aromatic rings. The normalized spacial score (nSPS) is 11.1. The highest BCUT2D eigenvalue weighted by Crippen LogP contribution is 2.32. The van der Waals surface area contributed by atoms with Gasteiger partial charge in [0, 0.05) is 5.56 Å². The molecule has 0 aliphatic rings. The molecule has 3 rings (SSSR count). The van der Waals surface area contributed by atoms with Gasteiger partial charge in [0.2, 0.25) is 5.82 Å². The standard InChI is InChI=1S/C34H44F2O2/c1-3-5-7-9-11-13-25-37-30-21-19-28(20-22-30)27-15-17-29(18-16-27)31-23-24-32(34(36)33(31)35)38-26-14-12-10-8-6-4-2/h15-24H,3-14,25-26H2,1-2H3. The van der Waals surface area contributed by atoms with Crippen molar-refractivity contribution in [2.45, 2.75) is 90.9 Å². The maximum Gasteiger partial charge on any atom is 0.201 e. The van der Waals surface area contributed by atoms with E-state index in [1.54, 1.807) is 6.07 Å². The van der Waals surface area contributed by atoms with Gasteiger partial charge in [-0.1, -0.05) is 114 Å². The second-order valence-electron chi connectivity index (χ2n) is 10.1. The third kappa shape index (κ3) is 9.45. The van der Waals surface area contributed by atoms with Crippen LogP contribution in [-0.4, -0.2) is 13.2 Å². The smallest absolute Gasteiger partial charge is 0.201 e. The number of ether oxygens (including phenoxy) is 2. The van der Waals surface area contributed by atoms with Crippen molar-refractivity contribution in [3.05, 3.63) is 72.3 Å². The van der Waals surface area contributed by atoms with Crippen LogP contribution >= 0.6 is 0 Å². The molecule has 0 unspecified atom stereocenters. The first-order chi connectivity index (χ1) is 18.6. The minimum absolute atomic E-state index is 0.0183. The minimum Gasteiger partial charge on any atom is -0.494 e. The highest BCUT2D eigenvalue weighted by molar-refractivity contribution is 5.71. The quantitative estimate of drug-likeness (QED) is 0.155. The van der Waals surface area contributed by atoms with E-state index in [0.717, 1.165) is 49.2 Å². The number of rotatable bonds is 18. The van der Waals surface area contributed by atoms with Crippen LogP contribution in [0.3, 0.4) is 0 Å². The van der Waals surface area contributed by atoms with Crippen molar-refractivity contribution >= 4 is 0 Å². The monoisotopic (exact) mass is 522 g/mol. The van der Waals surface area contributed by atoms with Crippen LogP contribution in [0.1, 0.15) is 90.9 Å². The van der Waals surface area contributed by atoms with Gasteiger partial charge >= 0.3 is 0 Å². The maximum absolute atomic E-state index is 14.9. The molecular weight excluding hydrogens is 478 g/mol. The van der Waals surface area contributed by atoms with Crippen molar-refractivity contribution in [1.82, 2.24) is 0 Å². The summed E-state index contributed by atoms with van der Waals surface area (Å²) in [6.07, 6.45) is 14.2. The van der Waals surface area contributed by atoms with Gasteiger partial charge < -0.3 is 9.47 Å². The summed E-state index contributed by atoms with van der Waals surface area (Å²) in [6.45, 7) is 5.56. The molecule has 0 spiro atoms. The maximum atomic E-state index is 14.9. The lowest BCUT2D eigenvalue weighted by atomic mass is 9.99. The predicted molar refractivity (Wildman–Crippen MR) is 155 cm³/mol. The molecule has 3 aromatic carbocycles. The summed E-state index contributed by atoms with van der Waals surface area (Å²) in [7, 11) is 0. The first kappa shape index (κ1) is 29.7. The van der Waals surface area contributed by atoms with Crippen molar-refractivity contribution in [2.75, 3.05) is 13.2 Å². The summed E-state index contributed by atoms with van der Waals surface area (Å²) in [5.74, 6) is -0.940. The number of hydrogen-bond donors (Lipinski definition) is 0. The van der Waals surface area contributed by atoms with Gasteiger partial charge in [-0.25, -0.2) is 4.39 Å². The van der Waals surface area contributed by atoms with E-state index in [9.17, 15) is 8.78 Å². The minimum atomic E-state index is -0.922. The number of unbranched alkanes of at least 4 members (excludes halogenated alkanes) is 10. The molecule has 4 heteroatoms. The van der Waals surface area contributed by atoms with Gasteiger partial charge in [-0.15, -0.1) is 0 Å². The molecule has 0 aliphatic carbocycles. The van der Waals surface area contributed by atoms with Crippen LogP contribution in [0.4, 0.5) is 8.78 Å². The first-order valence-electron chi connectivity index (χ1n) is 14.6. The Morgan fingerprint density at radius 3 is 1.53 bits per heavy atom. The Labute approximate surface area is 228 Å². The molecule has 38 heavy (non-hydrogen) atoms. The van der Waals surface area contributed by atoms with Crippen LogP contribution in [0.5, 0.6) is 11.5 Å². The summed E-state index contributed by atoms with van der Waals surface area (Å²) < 4.78 is 40.9. The predicted octanol–water partition coefficient (Wildman–Crippen LogP) is 10.8. The van der Waals surface area contributed by atoms with Crippen LogP contribution in [0.2, 0.25) is 0 Å². The van der Waals surface area contributed by atoms with Crippen molar-refractivity contribution < 1.29 is 18.3 Å². The Kier molecular flexibility index (Phi) is 13.2. The van der Waals surface area contributed by atoms with E-state index in [1.165, 1.54) is 57.4 Å². The third-order valence-electron chi connectivity index (χ3n) is 6.95. The Morgan fingerprint density at radius 2 is 0.947 bits per heavy atom. The molecule has 0 bridgehead atoms. The summed E-state index contributed by atoms with van der Waals surface area (Å²) in [5.41, 5.74) is 2.93. The van der Waals surface area contributed by atoms with Crippen LogP contribution in [0.25, 0.3) is 22.3 Å². The Balaban J connectivity index is 1.51. The number of halogens is 2. The van der Waals surface area contributed by atoms with Gasteiger partial charge in [0.05, 0.1) is 13.2 Å². The summed E-state index contributed by atoms with van der Waals surface area (Å²) in [4.78, 5) is 0. The lowest BCUT2D eigenvalue weighted by Gasteiger charge is -2.11. The van der Waals surface area contributed by atoms with Crippen molar-refractivity contribution in [3.8, 4) is 33.8 Å². The molecular formula is C34H44F2O2. The Hall–Kier alpha value is -2.88. The van der Waals surface area contributed by atoms with Gasteiger partial charge in [-0.2, -0.15) is 4.39 Å². The Bertz CT molecular complexity index is 1060. The lowest BCUT2D eigenvalue weighted by Crippen LogP contribution is -2.01. The molecule has 0 heterocycles. The van der Waals surface area contributed by atoms with E-state index < -0.39 is 11.6 Å². The second-order valence-corrected chi connectivity index (χ2v) is 10.1. The summed E-state index contributed by atoms with van der Waals surface area (Å²) in [5, 5.41) is 0. The van der Waals surface area contributed by atoms with Crippen LogP contribution in [-0.2, 0) is 0 Å². The van der Waals surface area contributed by atoms with Crippen molar-refractivity contribution in [1.29, 1.82) is 0 Å². The molecule has 0 saturated carbocycles. The van der Waals surface area contributed by atoms with Gasteiger partial charge in [-0.05, 0) is 53.8 Å². The van der Waals surface area contributed by atoms with Crippen molar-refractivity contribution in [2.24, 2.45) is 0 Å². The molecule has 2 nitrogen and oxygen atoms in total. The van der Waals surface area contributed by atoms with E-state index in [1.807, 2.05) is 48.5 Å². The lowest BCUT2D eigenvalue weighted by molar-refractivity contribution is 0.285. The van der Waals surface area contributed by atoms with E-state index in [0.29, 0.717) is 12.2 Å². The van der Waals surface area contributed by atoms with Crippen LogP contribution < -0.4 is 9.47 Å². The fourth-order valence-corrected chi connectivity index (χ4v) is 4.59. The molecule has 0 amide bonds. The van der Waals surface area contributed by atoms with Gasteiger partial charge in [0.25, 0.3) is 0 Å². The van der Waals surface area contributed by atoms with Crippen molar-refractivity contribution in [3.63, 3.8) is 0 Å². The molecule has 206 valence electrons. The molecule has 0 fully saturated rings. The molecule has 0 aromatic heterocycles. The zero-order valence-electron chi connectivity index (χ0n) is 23.2. The largest absolute Gasteiger partial charge is 0.494 e. The van der Waals surface area contributed by atoms with Crippen LogP contribution in [0.15, 0.2) is 60.7 Å². The third-order valence-corrected chi connectivity index (χ3v) is 6.95. The first-order valence-corrected chi connectivity index (χ1v) is 14.6. The van der Waals surface area contributed by atoms with E-state index in [4.69, 9.17) is 9.47 Å². The van der Waals surface area contributed by atoms with Gasteiger partial charge in [0.1, 0.15) is 5.75 Å². The van der Waals surface area contributed by atoms with Crippen LogP contribution in [0, 0.1) is 11.6 Å². The van der Waals surface area contributed by atoms with Gasteiger partial charge in [0.15, 0.2) is 11.6 Å². The molecule has 0 aliphatic heterocycles. The number of benzene rings is 3. The van der Waals surface area contributed by atoms with E-state index in [-0.39, 0.29) is 11.3 Å². The second kappa shape index (κ2) is 16.9. The van der Waals surface area contributed by atoms with E-state index in [2.05, 4.69) is 13.8 Å². The molecule has 0 radical (unpaired) electrons. The highest BCUT2D eigenvalue weighted by atomic mass is 19.2. The zero-order chi connectivity index (χ0) is 27.0. The summed E-state index contributed by atoms with van der Waals surface area (Å²) >= 11 is 0. The average molecular weight is 523 g/mol. The fourth-order valence-electron chi connectivity index (χ4n) is 4.59. The zero-order valence-corrected chi connectivity index (χ0v) is 23.2. The molecule has 0 saturated heterocycles. The highest BCUT2D eigenvalue weighted by Gasteiger charge is 2.16. The number of hydrogen-bond acceptors (Lipinski definition) is 2. The Morgan fingerprint density at radius 1 is 0.474 bits per heavy atom. The molecule has 0 atom stereocenters. The van der Waals surface area contributed by atoms with Gasteiger partial charge in [-0.3, -0.25) is 0 Å². The molecule has 0 N–H and O–H groups in total. The van der Waals surface area contributed by atoms with E-state index >= 15 is 0 Å².